The fourth-order valence-electron chi connectivity index (χ4n) is 1.65. The molecular weight excluding hydrogens is 288 g/mol. The molecule has 0 aromatic carbocycles. The summed E-state index contributed by atoms with van der Waals surface area (Å²) in [7, 11) is 0. The van der Waals surface area contributed by atoms with Crippen molar-refractivity contribution in [1.29, 1.82) is 0 Å². The van der Waals surface area contributed by atoms with Crippen molar-refractivity contribution < 1.29 is 28.9 Å². The van der Waals surface area contributed by atoms with Gasteiger partial charge in [0, 0.05) is 19.4 Å². The molecule has 6 heteroatoms. The van der Waals surface area contributed by atoms with Gasteiger partial charge in [-0.05, 0) is 33.1 Å². The van der Waals surface area contributed by atoms with E-state index in [0.717, 1.165) is 19.4 Å². The molecule has 0 saturated carbocycles. The average molecular weight is 318 g/mol. The van der Waals surface area contributed by atoms with E-state index in [1.165, 1.54) is 0 Å². The minimum Gasteiger partial charge on any atom is -0.481 e. The summed E-state index contributed by atoms with van der Waals surface area (Å²) < 4.78 is 16.2. The predicted molar refractivity (Wildman–Crippen MR) is 82.8 cm³/mol. The lowest BCUT2D eigenvalue weighted by atomic mass is 10.2. The highest BCUT2D eigenvalue weighted by Crippen LogP contribution is 2.03. The van der Waals surface area contributed by atoms with Crippen molar-refractivity contribution in [3.63, 3.8) is 0 Å². The number of carboxylic acid groups (broad SMARTS) is 1. The van der Waals surface area contributed by atoms with E-state index in [1.54, 1.807) is 0 Å². The van der Waals surface area contributed by atoms with Gasteiger partial charge < -0.3 is 19.3 Å². The largest absolute Gasteiger partial charge is 0.481 e. The van der Waals surface area contributed by atoms with Gasteiger partial charge >= 0.3 is 11.9 Å². The molecule has 0 saturated heterocycles. The van der Waals surface area contributed by atoms with Crippen molar-refractivity contribution >= 4 is 11.9 Å². The van der Waals surface area contributed by atoms with E-state index in [2.05, 4.69) is 6.92 Å². The number of hydrogen-bond donors (Lipinski definition) is 1. The first-order valence-electron chi connectivity index (χ1n) is 8.06. The van der Waals surface area contributed by atoms with Gasteiger partial charge in [0.25, 0.3) is 0 Å². The maximum Gasteiger partial charge on any atom is 0.305 e. The van der Waals surface area contributed by atoms with E-state index < -0.39 is 5.97 Å². The highest BCUT2D eigenvalue weighted by atomic mass is 16.6. The van der Waals surface area contributed by atoms with Gasteiger partial charge in [-0.3, -0.25) is 9.59 Å². The molecule has 2 unspecified atom stereocenters. The number of unbranched alkanes of at least 4 members (excludes halogenated alkanes) is 2. The van der Waals surface area contributed by atoms with Crippen LogP contribution >= 0.6 is 0 Å². The minimum atomic E-state index is -0.842. The third-order valence-electron chi connectivity index (χ3n) is 3.02. The molecule has 0 radical (unpaired) electrons. The second kappa shape index (κ2) is 13.5. The second-order valence-corrected chi connectivity index (χ2v) is 5.46. The second-order valence-electron chi connectivity index (χ2n) is 5.46. The molecule has 0 fully saturated rings. The topological polar surface area (TPSA) is 82.1 Å². The van der Waals surface area contributed by atoms with Crippen molar-refractivity contribution in [2.75, 3.05) is 19.8 Å². The Balaban J connectivity index is 3.56. The van der Waals surface area contributed by atoms with Crippen LogP contribution in [0, 0.1) is 0 Å². The molecule has 6 nitrogen and oxygen atoms in total. The summed E-state index contributed by atoms with van der Waals surface area (Å²) >= 11 is 0. The van der Waals surface area contributed by atoms with Gasteiger partial charge in [-0.2, -0.15) is 0 Å². The molecule has 0 aromatic heterocycles. The van der Waals surface area contributed by atoms with Gasteiger partial charge in [-0.15, -0.1) is 0 Å². The zero-order chi connectivity index (χ0) is 16.8. The van der Waals surface area contributed by atoms with Crippen LogP contribution in [0.1, 0.15) is 59.3 Å². The Morgan fingerprint density at radius 2 is 1.59 bits per heavy atom. The fourth-order valence-corrected chi connectivity index (χ4v) is 1.65. The van der Waals surface area contributed by atoms with Crippen LogP contribution in [0.5, 0.6) is 0 Å². The molecule has 2 atom stereocenters. The van der Waals surface area contributed by atoms with E-state index >= 15 is 0 Å². The molecule has 130 valence electrons. The summed E-state index contributed by atoms with van der Waals surface area (Å²) in [5.41, 5.74) is 0. The van der Waals surface area contributed by atoms with Crippen LogP contribution in [-0.4, -0.2) is 49.1 Å². The standard InChI is InChI=1S/C16H30O6/c1-4-5-10-20-13(2)11-21-14(3)12-22-16(19)9-7-6-8-15(17)18/h13-14H,4-12H2,1-3H3,(H,17,18). The number of carbonyl (C=O) groups excluding carboxylic acids is 1. The molecule has 0 aliphatic heterocycles. The molecule has 1 N–H and O–H groups in total. The van der Waals surface area contributed by atoms with Crippen molar-refractivity contribution in [1.82, 2.24) is 0 Å². The van der Waals surface area contributed by atoms with E-state index in [4.69, 9.17) is 19.3 Å². The molecule has 0 rings (SSSR count). The Labute approximate surface area is 133 Å². The summed E-state index contributed by atoms with van der Waals surface area (Å²) in [5.74, 6) is -1.15. The summed E-state index contributed by atoms with van der Waals surface area (Å²) in [5, 5.41) is 8.48. The number of aliphatic carboxylic acids is 1. The van der Waals surface area contributed by atoms with Crippen molar-refractivity contribution in [3.8, 4) is 0 Å². The molecule has 0 amide bonds. The molecule has 0 aliphatic rings. The number of esters is 1. The van der Waals surface area contributed by atoms with Gasteiger partial charge in [0.2, 0.25) is 0 Å². The van der Waals surface area contributed by atoms with Crippen LogP contribution in [0.25, 0.3) is 0 Å². The van der Waals surface area contributed by atoms with E-state index in [1.807, 2.05) is 13.8 Å². The molecule has 0 heterocycles. The van der Waals surface area contributed by atoms with Crippen molar-refractivity contribution in [3.05, 3.63) is 0 Å². The minimum absolute atomic E-state index is 0.0284. The quantitative estimate of drug-likeness (QED) is 0.392. The predicted octanol–water partition coefficient (Wildman–Crippen LogP) is 2.78. The van der Waals surface area contributed by atoms with Crippen molar-refractivity contribution in [2.45, 2.75) is 71.5 Å². The first kappa shape index (κ1) is 20.9. The maximum atomic E-state index is 11.5. The van der Waals surface area contributed by atoms with Gasteiger partial charge in [-0.25, -0.2) is 0 Å². The Hall–Kier alpha value is -1.14. The maximum absolute atomic E-state index is 11.5. The Kier molecular flexibility index (Phi) is 12.8. The third-order valence-corrected chi connectivity index (χ3v) is 3.02. The number of ether oxygens (including phenoxy) is 3. The first-order chi connectivity index (χ1) is 10.5. The highest BCUT2D eigenvalue weighted by molar-refractivity contribution is 5.69. The lowest BCUT2D eigenvalue weighted by Gasteiger charge is -2.17. The van der Waals surface area contributed by atoms with E-state index in [9.17, 15) is 9.59 Å². The summed E-state index contributed by atoms with van der Waals surface area (Å²) in [4.78, 5) is 21.8. The lowest BCUT2D eigenvalue weighted by Crippen LogP contribution is -2.24. The zero-order valence-corrected chi connectivity index (χ0v) is 14.0. The van der Waals surface area contributed by atoms with Crippen LogP contribution in [0.2, 0.25) is 0 Å². The lowest BCUT2D eigenvalue weighted by molar-refractivity contribution is -0.148. The summed E-state index contributed by atoms with van der Waals surface area (Å²) in [6.45, 7) is 7.33. The van der Waals surface area contributed by atoms with E-state index in [0.29, 0.717) is 19.4 Å². The van der Waals surface area contributed by atoms with Gasteiger partial charge in [0.1, 0.15) is 6.61 Å². The summed E-state index contributed by atoms with van der Waals surface area (Å²) in [6, 6.07) is 0. The normalized spacial score (nSPS) is 13.6. The fraction of sp³-hybridized carbons (Fsp3) is 0.875. The number of hydrogen-bond acceptors (Lipinski definition) is 5. The Bertz CT molecular complexity index is 305. The van der Waals surface area contributed by atoms with Crippen LogP contribution in [0.4, 0.5) is 0 Å². The van der Waals surface area contributed by atoms with Crippen LogP contribution < -0.4 is 0 Å². The van der Waals surface area contributed by atoms with E-state index in [-0.39, 0.29) is 37.6 Å². The smallest absolute Gasteiger partial charge is 0.305 e. The third kappa shape index (κ3) is 13.8. The molecule has 0 aliphatic carbocycles. The monoisotopic (exact) mass is 318 g/mol. The Morgan fingerprint density at radius 1 is 0.955 bits per heavy atom. The zero-order valence-electron chi connectivity index (χ0n) is 14.0. The highest BCUT2D eigenvalue weighted by Gasteiger charge is 2.10. The molecular formula is C16H30O6. The van der Waals surface area contributed by atoms with Gasteiger partial charge in [0.05, 0.1) is 18.8 Å². The van der Waals surface area contributed by atoms with Crippen molar-refractivity contribution in [2.24, 2.45) is 0 Å². The first-order valence-corrected chi connectivity index (χ1v) is 8.06. The number of rotatable bonds is 14. The summed E-state index contributed by atoms with van der Waals surface area (Å²) in [6.07, 6.45) is 3.34. The number of carbonyl (C=O) groups is 2. The SMILES string of the molecule is CCCCOC(C)COC(C)COC(=O)CCCCC(=O)O. The molecule has 0 spiro atoms. The molecule has 22 heavy (non-hydrogen) atoms. The average Bonchev–Trinajstić information content (AvgIpc) is 2.47. The number of carboxylic acids is 1. The van der Waals surface area contributed by atoms with Gasteiger partial charge in [-0.1, -0.05) is 13.3 Å². The van der Waals surface area contributed by atoms with Crippen LogP contribution in [0.3, 0.4) is 0 Å². The van der Waals surface area contributed by atoms with Crippen LogP contribution in [-0.2, 0) is 23.8 Å². The Morgan fingerprint density at radius 3 is 2.23 bits per heavy atom. The molecule has 0 aromatic rings. The molecule has 0 bridgehead atoms. The van der Waals surface area contributed by atoms with Gasteiger partial charge in [0.15, 0.2) is 0 Å². The van der Waals surface area contributed by atoms with Crippen LogP contribution in [0.15, 0.2) is 0 Å².